The van der Waals surface area contributed by atoms with E-state index in [1.807, 2.05) is 7.05 Å². The molecule has 0 radical (unpaired) electrons. The summed E-state index contributed by atoms with van der Waals surface area (Å²) in [5.74, 6) is 2.94. The third kappa shape index (κ3) is 5.03. The van der Waals surface area contributed by atoms with E-state index in [2.05, 4.69) is 51.1 Å². The van der Waals surface area contributed by atoms with Crippen LogP contribution in [-0.2, 0) is 6.42 Å². The van der Waals surface area contributed by atoms with Gasteiger partial charge in [-0.25, -0.2) is 4.98 Å². The van der Waals surface area contributed by atoms with Crippen molar-refractivity contribution < 1.29 is 0 Å². The van der Waals surface area contributed by atoms with Gasteiger partial charge in [0.05, 0.1) is 5.69 Å². The lowest BCUT2D eigenvalue weighted by Crippen LogP contribution is -2.49. The van der Waals surface area contributed by atoms with E-state index in [1.54, 1.807) is 11.3 Å². The van der Waals surface area contributed by atoms with E-state index >= 15 is 0 Å². The summed E-state index contributed by atoms with van der Waals surface area (Å²) in [4.78, 5) is 14.1. The minimum atomic E-state index is 0.703. The number of guanidine groups is 1. The summed E-state index contributed by atoms with van der Waals surface area (Å²) in [7, 11) is 1.89. The lowest BCUT2D eigenvalue weighted by molar-refractivity contribution is 0.381. The highest BCUT2D eigenvalue weighted by molar-refractivity contribution is 8.00. The van der Waals surface area contributed by atoms with Gasteiger partial charge in [0.15, 0.2) is 11.1 Å². The van der Waals surface area contributed by atoms with Crippen molar-refractivity contribution in [2.75, 3.05) is 50.4 Å². The first-order valence-electron chi connectivity index (χ1n) is 9.44. The SMILES string of the molecule is CN=C(NCCc1csc(N2CCCC2)n1)N1CCSC(C(C)C)C1. The maximum Gasteiger partial charge on any atom is 0.193 e. The van der Waals surface area contributed by atoms with Gasteiger partial charge in [0.2, 0.25) is 0 Å². The second kappa shape index (κ2) is 9.12. The van der Waals surface area contributed by atoms with E-state index in [1.165, 1.54) is 42.5 Å². The highest BCUT2D eigenvalue weighted by Gasteiger charge is 2.24. The molecule has 2 aliphatic heterocycles. The standard InChI is InChI=1S/C18H31N5S2/c1-14(2)16-12-23(10-11-24-16)17(19-3)20-7-6-15-13-25-18(21-15)22-8-4-5-9-22/h13-14,16H,4-12H2,1-3H3,(H,19,20). The molecule has 1 aromatic rings. The largest absolute Gasteiger partial charge is 0.356 e. The number of nitrogens with zero attached hydrogens (tertiary/aromatic N) is 4. The monoisotopic (exact) mass is 381 g/mol. The van der Waals surface area contributed by atoms with E-state index in [9.17, 15) is 0 Å². The van der Waals surface area contributed by atoms with E-state index in [0.29, 0.717) is 11.2 Å². The molecule has 1 unspecified atom stereocenters. The van der Waals surface area contributed by atoms with Gasteiger partial charge in [0.25, 0.3) is 0 Å². The number of thioether (sulfide) groups is 1. The molecule has 2 saturated heterocycles. The number of anilines is 1. The molecule has 2 fully saturated rings. The number of aliphatic imine (C=N–C) groups is 1. The van der Waals surface area contributed by atoms with Crippen LogP contribution in [0.4, 0.5) is 5.13 Å². The highest BCUT2D eigenvalue weighted by atomic mass is 32.2. The molecule has 0 spiro atoms. The van der Waals surface area contributed by atoms with Crippen molar-refractivity contribution in [1.29, 1.82) is 0 Å². The summed E-state index contributed by atoms with van der Waals surface area (Å²) in [6.07, 6.45) is 3.57. The zero-order valence-corrected chi connectivity index (χ0v) is 17.3. The third-order valence-electron chi connectivity index (χ3n) is 4.93. The maximum absolute atomic E-state index is 4.81. The van der Waals surface area contributed by atoms with Gasteiger partial charge in [-0.05, 0) is 18.8 Å². The molecule has 5 nitrogen and oxygen atoms in total. The third-order valence-corrected chi connectivity index (χ3v) is 7.42. The summed E-state index contributed by atoms with van der Waals surface area (Å²) in [5.41, 5.74) is 1.20. The van der Waals surface area contributed by atoms with Gasteiger partial charge in [0.1, 0.15) is 0 Å². The van der Waals surface area contributed by atoms with Crippen LogP contribution in [0.25, 0.3) is 0 Å². The number of rotatable bonds is 5. The van der Waals surface area contributed by atoms with Gasteiger partial charge in [0, 0.05) is 62.6 Å². The van der Waals surface area contributed by atoms with Crippen molar-refractivity contribution in [3.63, 3.8) is 0 Å². The molecule has 7 heteroatoms. The molecule has 0 aromatic carbocycles. The molecule has 25 heavy (non-hydrogen) atoms. The van der Waals surface area contributed by atoms with Crippen LogP contribution in [0.15, 0.2) is 10.4 Å². The number of aromatic nitrogens is 1. The predicted molar refractivity (Wildman–Crippen MR) is 111 cm³/mol. The van der Waals surface area contributed by atoms with Gasteiger partial charge in [-0.2, -0.15) is 11.8 Å². The van der Waals surface area contributed by atoms with Crippen LogP contribution in [0.1, 0.15) is 32.4 Å². The van der Waals surface area contributed by atoms with E-state index in [-0.39, 0.29) is 0 Å². The maximum atomic E-state index is 4.81. The fraction of sp³-hybridized carbons (Fsp3) is 0.778. The molecule has 140 valence electrons. The molecular weight excluding hydrogens is 350 g/mol. The summed E-state index contributed by atoms with van der Waals surface area (Å²) < 4.78 is 0. The Balaban J connectivity index is 1.47. The molecule has 2 aliphatic rings. The lowest BCUT2D eigenvalue weighted by atomic mass is 10.1. The normalized spacial score (nSPS) is 22.1. The quantitative estimate of drug-likeness (QED) is 0.627. The fourth-order valence-electron chi connectivity index (χ4n) is 3.37. The van der Waals surface area contributed by atoms with Crippen LogP contribution >= 0.6 is 23.1 Å². The van der Waals surface area contributed by atoms with Gasteiger partial charge in [-0.15, -0.1) is 11.3 Å². The topological polar surface area (TPSA) is 43.8 Å². The number of thiazole rings is 1. The van der Waals surface area contributed by atoms with Gasteiger partial charge < -0.3 is 15.1 Å². The van der Waals surface area contributed by atoms with Crippen LogP contribution in [0, 0.1) is 5.92 Å². The van der Waals surface area contributed by atoms with Crippen molar-refractivity contribution in [3.05, 3.63) is 11.1 Å². The summed E-state index contributed by atoms with van der Waals surface area (Å²) >= 11 is 3.89. The first-order valence-corrected chi connectivity index (χ1v) is 11.4. The second-order valence-electron chi connectivity index (χ2n) is 7.14. The Hall–Kier alpha value is -0.950. The van der Waals surface area contributed by atoms with E-state index < -0.39 is 0 Å². The number of nitrogens with one attached hydrogen (secondary N) is 1. The Labute approximate surface area is 160 Å². The zero-order chi connectivity index (χ0) is 17.6. The van der Waals surface area contributed by atoms with Crippen molar-refractivity contribution in [2.45, 2.75) is 38.4 Å². The van der Waals surface area contributed by atoms with Crippen LogP contribution in [0.2, 0.25) is 0 Å². The summed E-state index contributed by atoms with van der Waals surface area (Å²) in [5, 5.41) is 7.66. The van der Waals surface area contributed by atoms with Crippen LogP contribution in [0.5, 0.6) is 0 Å². The Morgan fingerprint density at radius 1 is 1.36 bits per heavy atom. The molecule has 3 rings (SSSR count). The molecule has 0 saturated carbocycles. The molecule has 1 aromatic heterocycles. The van der Waals surface area contributed by atoms with Crippen molar-refractivity contribution in [3.8, 4) is 0 Å². The molecular formula is C18H31N5S2. The Morgan fingerprint density at radius 2 is 2.16 bits per heavy atom. The summed E-state index contributed by atoms with van der Waals surface area (Å²) in [6, 6.07) is 0. The second-order valence-corrected chi connectivity index (χ2v) is 9.32. The first kappa shape index (κ1) is 18.8. The Morgan fingerprint density at radius 3 is 2.88 bits per heavy atom. The molecule has 0 aliphatic carbocycles. The van der Waals surface area contributed by atoms with Crippen LogP contribution < -0.4 is 10.2 Å². The molecule has 0 bridgehead atoms. The first-order chi connectivity index (χ1) is 12.2. The van der Waals surface area contributed by atoms with Crippen molar-refractivity contribution in [2.24, 2.45) is 10.9 Å². The number of hydrogen-bond acceptors (Lipinski definition) is 5. The Bertz CT molecular complexity index is 566. The van der Waals surface area contributed by atoms with Gasteiger partial charge in [-0.3, -0.25) is 4.99 Å². The highest BCUT2D eigenvalue weighted by Crippen LogP contribution is 2.25. The smallest absolute Gasteiger partial charge is 0.193 e. The Kier molecular flexibility index (Phi) is 6.87. The van der Waals surface area contributed by atoms with Crippen LogP contribution in [0.3, 0.4) is 0 Å². The molecule has 1 atom stereocenters. The fourth-order valence-corrected chi connectivity index (χ4v) is 5.58. The van der Waals surface area contributed by atoms with Crippen molar-refractivity contribution in [1.82, 2.24) is 15.2 Å². The minimum absolute atomic E-state index is 0.703. The minimum Gasteiger partial charge on any atom is -0.356 e. The number of hydrogen-bond donors (Lipinski definition) is 1. The average Bonchev–Trinajstić information content (AvgIpc) is 3.30. The van der Waals surface area contributed by atoms with E-state index in [0.717, 1.165) is 32.0 Å². The molecule has 0 amide bonds. The molecule has 1 N–H and O–H groups in total. The predicted octanol–water partition coefficient (Wildman–Crippen LogP) is 2.93. The van der Waals surface area contributed by atoms with Gasteiger partial charge >= 0.3 is 0 Å². The lowest BCUT2D eigenvalue weighted by Gasteiger charge is -2.36. The average molecular weight is 382 g/mol. The zero-order valence-electron chi connectivity index (χ0n) is 15.7. The van der Waals surface area contributed by atoms with Crippen molar-refractivity contribution >= 4 is 34.2 Å². The van der Waals surface area contributed by atoms with Crippen LogP contribution in [-0.4, -0.2) is 66.6 Å². The van der Waals surface area contributed by atoms with E-state index in [4.69, 9.17) is 4.98 Å². The summed E-state index contributed by atoms with van der Waals surface area (Å²) in [6.45, 7) is 10.0. The molecule has 3 heterocycles. The van der Waals surface area contributed by atoms with Gasteiger partial charge in [-0.1, -0.05) is 13.8 Å².